The summed E-state index contributed by atoms with van der Waals surface area (Å²) in [5, 5.41) is 0. The van der Waals surface area contributed by atoms with Gasteiger partial charge < -0.3 is 22.1 Å². The first-order chi connectivity index (χ1) is 8.82. The predicted molar refractivity (Wildman–Crippen MR) is 69.4 cm³/mol. The van der Waals surface area contributed by atoms with E-state index in [0.717, 1.165) is 24.2 Å². The van der Waals surface area contributed by atoms with Crippen molar-refractivity contribution in [2.24, 2.45) is 29.0 Å². The zero-order valence-electron chi connectivity index (χ0n) is 11.2. The van der Waals surface area contributed by atoms with E-state index in [0.29, 0.717) is 0 Å². The minimum atomic E-state index is -0.674. The Morgan fingerprint density at radius 2 is 1.63 bits per heavy atom. The van der Waals surface area contributed by atoms with Gasteiger partial charge in [0.25, 0.3) is 0 Å². The molecule has 0 bridgehead atoms. The highest BCUT2D eigenvalue weighted by atomic mass is 16.2. The molecule has 0 saturated heterocycles. The Morgan fingerprint density at radius 3 is 2.05 bits per heavy atom. The van der Waals surface area contributed by atoms with Crippen molar-refractivity contribution in [1.29, 1.82) is 0 Å². The van der Waals surface area contributed by atoms with Crippen molar-refractivity contribution in [3.63, 3.8) is 0 Å². The van der Waals surface area contributed by atoms with Crippen molar-refractivity contribution in [1.82, 2.24) is 4.90 Å². The maximum atomic E-state index is 12.4. The fraction of sp³-hybridized carbons (Fsp3) is 0.750. The van der Waals surface area contributed by atoms with Crippen LogP contribution < -0.4 is 17.2 Å². The molecule has 7 nitrogen and oxygen atoms in total. The van der Waals surface area contributed by atoms with Crippen molar-refractivity contribution in [3.05, 3.63) is 0 Å². The molecular formula is C12H22N4O3. The largest absolute Gasteiger partial charge is 0.368 e. The van der Waals surface area contributed by atoms with Crippen LogP contribution in [-0.2, 0) is 14.4 Å². The summed E-state index contributed by atoms with van der Waals surface area (Å²) in [6.45, 7) is 1.34. The van der Waals surface area contributed by atoms with Gasteiger partial charge in [-0.05, 0) is 18.8 Å². The van der Waals surface area contributed by atoms with E-state index >= 15 is 0 Å². The fourth-order valence-corrected chi connectivity index (χ4v) is 2.68. The van der Waals surface area contributed by atoms with Crippen LogP contribution in [0.25, 0.3) is 0 Å². The Balaban J connectivity index is 2.84. The molecule has 0 aromatic heterocycles. The molecule has 3 amide bonds. The van der Waals surface area contributed by atoms with Gasteiger partial charge in [0.1, 0.15) is 0 Å². The van der Waals surface area contributed by atoms with E-state index in [2.05, 4.69) is 0 Å². The van der Waals surface area contributed by atoms with E-state index in [4.69, 9.17) is 17.2 Å². The number of carbonyl (C=O) groups excluding carboxylic acids is 3. The van der Waals surface area contributed by atoms with E-state index in [9.17, 15) is 14.4 Å². The number of hydrogen-bond acceptors (Lipinski definition) is 4. The number of carbonyl (C=O) groups is 3. The van der Waals surface area contributed by atoms with Gasteiger partial charge in [-0.3, -0.25) is 14.4 Å². The van der Waals surface area contributed by atoms with Crippen molar-refractivity contribution >= 4 is 17.7 Å². The average molecular weight is 270 g/mol. The topological polar surface area (TPSA) is 133 Å². The summed E-state index contributed by atoms with van der Waals surface area (Å²) in [5.74, 6) is -1.91. The quantitative estimate of drug-likeness (QED) is 0.563. The summed E-state index contributed by atoms with van der Waals surface area (Å²) in [4.78, 5) is 35.5. The second-order valence-electron chi connectivity index (χ2n) is 5.22. The Kier molecular flexibility index (Phi) is 5.29. The number of hydrogen-bond donors (Lipinski definition) is 3. The molecule has 19 heavy (non-hydrogen) atoms. The second-order valence-corrected chi connectivity index (χ2v) is 5.22. The number of primary amides is 2. The molecule has 0 aromatic carbocycles. The van der Waals surface area contributed by atoms with E-state index in [1.54, 1.807) is 0 Å². The molecule has 3 atom stereocenters. The van der Waals surface area contributed by atoms with Crippen LogP contribution in [0.15, 0.2) is 0 Å². The van der Waals surface area contributed by atoms with Gasteiger partial charge in [0.15, 0.2) is 0 Å². The molecular weight excluding hydrogens is 248 g/mol. The molecule has 0 radical (unpaired) electrons. The van der Waals surface area contributed by atoms with Crippen LogP contribution in [-0.4, -0.2) is 41.8 Å². The lowest BCUT2D eigenvalue weighted by atomic mass is 9.76. The van der Waals surface area contributed by atoms with Crippen molar-refractivity contribution < 1.29 is 14.4 Å². The zero-order valence-corrected chi connectivity index (χ0v) is 11.2. The maximum Gasteiger partial charge on any atom is 0.237 e. The molecule has 0 aliphatic heterocycles. The molecule has 7 heteroatoms. The van der Waals surface area contributed by atoms with Crippen LogP contribution in [0.1, 0.15) is 26.2 Å². The van der Waals surface area contributed by atoms with Crippen LogP contribution in [0, 0.1) is 11.8 Å². The molecule has 6 N–H and O–H groups in total. The molecule has 0 spiro atoms. The standard InChI is InChI=1S/C12H22N4O3/c1-7-3-2-4-8(13)11(7)12(19)16(5-9(14)17)6-10(15)18/h7-8,11H,2-6,13H2,1H3,(H2,14,17)(H2,15,18). The van der Waals surface area contributed by atoms with Crippen molar-refractivity contribution in [2.75, 3.05) is 13.1 Å². The highest BCUT2D eigenvalue weighted by molar-refractivity contribution is 5.89. The van der Waals surface area contributed by atoms with Crippen LogP contribution in [0.5, 0.6) is 0 Å². The molecule has 1 saturated carbocycles. The van der Waals surface area contributed by atoms with E-state index in [1.807, 2.05) is 6.92 Å². The lowest BCUT2D eigenvalue weighted by Crippen LogP contribution is -2.52. The summed E-state index contributed by atoms with van der Waals surface area (Å²) in [6, 6.07) is -0.250. The third kappa shape index (κ3) is 4.20. The van der Waals surface area contributed by atoms with Gasteiger partial charge in [-0.15, -0.1) is 0 Å². The maximum absolute atomic E-state index is 12.4. The van der Waals surface area contributed by atoms with E-state index in [-0.39, 0.29) is 36.9 Å². The monoisotopic (exact) mass is 270 g/mol. The third-order valence-electron chi connectivity index (χ3n) is 3.56. The molecule has 3 unspecified atom stereocenters. The summed E-state index contributed by atoms with van der Waals surface area (Å²) < 4.78 is 0. The molecule has 0 heterocycles. The van der Waals surface area contributed by atoms with Crippen molar-refractivity contribution in [3.8, 4) is 0 Å². The Hall–Kier alpha value is -1.63. The van der Waals surface area contributed by atoms with Gasteiger partial charge in [-0.1, -0.05) is 13.3 Å². The number of amides is 3. The highest BCUT2D eigenvalue weighted by Crippen LogP contribution is 2.30. The van der Waals surface area contributed by atoms with Crippen LogP contribution in [0.3, 0.4) is 0 Å². The molecule has 108 valence electrons. The Bertz CT molecular complexity index is 346. The molecule has 1 fully saturated rings. The van der Waals surface area contributed by atoms with Gasteiger partial charge in [-0.25, -0.2) is 0 Å². The first kappa shape index (κ1) is 15.4. The van der Waals surface area contributed by atoms with Gasteiger partial charge in [0.05, 0.1) is 19.0 Å². The SMILES string of the molecule is CC1CCCC(N)C1C(=O)N(CC(N)=O)CC(N)=O. The normalized spacial score (nSPS) is 26.7. The lowest BCUT2D eigenvalue weighted by molar-refractivity contribution is -0.144. The summed E-state index contributed by atoms with van der Waals surface area (Å²) in [7, 11) is 0. The summed E-state index contributed by atoms with van der Waals surface area (Å²) in [6.07, 6.45) is 2.66. The smallest absolute Gasteiger partial charge is 0.237 e. The zero-order chi connectivity index (χ0) is 14.6. The van der Waals surface area contributed by atoms with Gasteiger partial charge >= 0.3 is 0 Å². The number of rotatable bonds is 5. The average Bonchev–Trinajstić information content (AvgIpc) is 2.26. The van der Waals surface area contributed by atoms with Crippen LogP contribution in [0.2, 0.25) is 0 Å². The molecule has 1 aliphatic rings. The van der Waals surface area contributed by atoms with Crippen molar-refractivity contribution in [2.45, 2.75) is 32.2 Å². The Morgan fingerprint density at radius 1 is 1.11 bits per heavy atom. The lowest BCUT2D eigenvalue weighted by Gasteiger charge is -2.36. The predicted octanol–water partition coefficient (Wildman–Crippen LogP) is -1.45. The fourth-order valence-electron chi connectivity index (χ4n) is 2.68. The Labute approximate surface area is 112 Å². The van der Waals surface area contributed by atoms with Crippen LogP contribution in [0.4, 0.5) is 0 Å². The third-order valence-corrected chi connectivity index (χ3v) is 3.56. The number of nitrogens with two attached hydrogens (primary N) is 3. The highest BCUT2D eigenvalue weighted by Gasteiger charge is 2.37. The summed E-state index contributed by atoms with van der Waals surface area (Å²) >= 11 is 0. The first-order valence-electron chi connectivity index (χ1n) is 6.44. The minimum absolute atomic E-state index is 0.125. The minimum Gasteiger partial charge on any atom is -0.368 e. The van der Waals surface area contributed by atoms with E-state index in [1.165, 1.54) is 0 Å². The second kappa shape index (κ2) is 6.51. The van der Waals surface area contributed by atoms with Gasteiger partial charge in [0, 0.05) is 6.04 Å². The van der Waals surface area contributed by atoms with Crippen LogP contribution >= 0.6 is 0 Å². The molecule has 1 rings (SSSR count). The summed E-state index contributed by atoms with van der Waals surface area (Å²) in [5.41, 5.74) is 16.2. The molecule has 1 aliphatic carbocycles. The number of nitrogens with zero attached hydrogens (tertiary/aromatic N) is 1. The van der Waals surface area contributed by atoms with Gasteiger partial charge in [-0.2, -0.15) is 0 Å². The van der Waals surface area contributed by atoms with Gasteiger partial charge in [0.2, 0.25) is 17.7 Å². The molecule has 0 aromatic rings. The first-order valence-corrected chi connectivity index (χ1v) is 6.44. The van der Waals surface area contributed by atoms with E-state index < -0.39 is 11.8 Å².